The molecule has 8 heteroatoms. The minimum absolute atomic E-state index is 0. The van der Waals surface area contributed by atoms with Gasteiger partial charge in [-0.2, -0.15) is 0 Å². The molecule has 0 heterocycles. The molecule has 118 valence electrons. The van der Waals surface area contributed by atoms with Crippen LogP contribution in [0, 0.1) is 0 Å². The first-order valence-electron chi connectivity index (χ1n) is 6.03. The van der Waals surface area contributed by atoms with E-state index in [9.17, 15) is 9.59 Å². The highest BCUT2D eigenvalue weighted by Crippen LogP contribution is 2.15. The maximum atomic E-state index is 11.4. The van der Waals surface area contributed by atoms with E-state index in [1.54, 1.807) is 11.9 Å². The van der Waals surface area contributed by atoms with E-state index in [2.05, 4.69) is 21.2 Å². The molecule has 0 unspecified atom stereocenters. The third-order valence-electron chi connectivity index (χ3n) is 2.41. The molecule has 1 aromatic rings. The summed E-state index contributed by atoms with van der Waals surface area (Å²) in [6, 6.07) is 7.48. The van der Waals surface area contributed by atoms with Crippen molar-refractivity contribution in [1.82, 2.24) is 10.2 Å². The Kier molecular flexibility index (Phi) is 9.77. The van der Waals surface area contributed by atoms with Gasteiger partial charge in [0.05, 0.1) is 6.54 Å². The Hall–Kier alpha value is -1.31. The number of benzene rings is 1. The largest absolute Gasteiger partial charge is 0.492 e. The van der Waals surface area contributed by atoms with Crippen molar-refractivity contribution in [3.05, 3.63) is 28.7 Å². The van der Waals surface area contributed by atoms with Crippen molar-refractivity contribution >= 4 is 40.2 Å². The number of nitrogens with one attached hydrogen (secondary N) is 1. The van der Waals surface area contributed by atoms with Gasteiger partial charge < -0.3 is 15.2 Å². The normalized spacial score (nSPS) is 9.86. The second-order valence-corrected chi connectivity index (χ2v) is 5.13. The Morgan fingerprint density at radius 3 is 2.52 bits per heavy atom. The first-order valence-corrected chi connectivity index (χ1v) is 6.82. The van der Waals surface area contributed by atoms with Crippen molar-refractivity contribution in [2.75, 3.05) is 33.3 Å². The molecule has 6 nitrogen and oxygen atoms in total. The van der Waals surface area contributed by atoms with E-state index in [-0.39, 0.29) is 31.4 Å². The smallest absolute Gasteiger partial charge is 0.322 e. The number of carboxylic acid groups (broad SMARTS) is 1. The SMILES string of the molecule is CN(CCOc1ccc(Br)cc1)CC(=O)NCC(=O)O.Cl. The van der Waals surface area contributed by atoms with Gasteiger partial charge in [0.1, 0.15) is 18.9 Å². The van der Waals surface area contributed by atoms with E-state index in [0.717, 1.165) is 10.2 Å². The zero-order valence-corrected chi connectivity index (χ0v) is 13.9. The van der Waals surface area contributed by atoms with Crippen LogP contribution in [-0.4, -0.2) is 55.2 Å². The summed E-state index contributed by atoms with van der Waals surface area (Å²) < 4.78 is 6.51. The molecule has 0 atom stereocenters. The molecule has 0 radical (unpaired) electrons. The first-order chi connectivity index (χ1) is 9.47. The minimum atomic E-state index is -1.06. The predicted octanol–water partition coefficient (Wildman–Crippen LogP) is 1.38. The number of rotatable bonds is 8. The number of aliphatic carboxylic acids is 1. The molecule has 21 heavy (non-hydrogen) atoms. The molecule has 0 aromatic heterocycles. The fourth-order valence-electron chi connectivity index (χ4n) is 1.40. The molecule has 0 saturated heterocycles. The van der Waals surface area contributed by atoms with E-state index in [0.29, 0.717) is 13.2 Å². The van der Waals surface area contributed by atoms with Crippen molar-refractivity contribution in [2.24, 2.45) is 0 Å². The van der Waals surface area contributed by atoms with Gasteiger partial charge in [-0.25, -0.2) is 0 Å². The number of hydrogen-bond acceptors (Lipinski definition) is 4. The van der Waals surface area contributed by atoms with E-state index in [1.807, 2.05) is 24.3 Å². The van der Waals surface area contributed by atoms with Crippen LogP contribution >= 0.6 is 28.3 Å². The predicted molar refractivity (Wildman–Crippen MR) is 85.0 cm³/mol. The Morgan fingerprint density at radius 2 is 1.95 bits per heavy atom. The summed E-state index contributed by atoms with van der Waals surface area (Å²) in [5.74, 6) is -0.616. The monoisotopic (exact) mass is 380 g/mol. The average Bonchev–Trinajstić information content (AvgIpc) is 2.38. The number of hydrogen-bond donors (Lipinski definition) is 2. The standard InChI is InChI=1S/C13H17BrN2O4.ClH/c1-16(9-12(17)15-8-13(18)19)6-7-20-11-4-2-10(14)3-5-11;/h2-5H,6-9H2,1H3,(H,15,17)(H,18,19);1H. The van der Waals surface area contributed by atoms with Crippen molar-refractivity contribution < 1.29 is 19.4 Å². The van der Waals surface area contributed by atoms with Crippen LogP contribution < -0.4 is 10.1 Å². The molecule has 0 saturated carbocycles. The number of nitrogens with zero attached hydrogens (tertiary/aromatic N) is 1. The molecule has 0 aliphatic rings. The van der Waals surface area contributed by atoms with Gasteiger partial charge in [-0.15, -0.1) is 12.4 Å². The molecule has 1 aromatic carbocycles. The summed E-state index contributed by atoms with van der Waals surface area (Å²) in [6.07, 6.45) is 0. The Morgan fingerprint density at radius 1 is 1.33 bits per heavy atom. The third-order valence-corrected chi connectivity index (χ3v) is 2.93. The lowest BCUT2D eigenvalue weighted by Gasteiger charge is -2.16. The molecular formula is C13H18BrClN2O4. The molecule has 1 rings (SSSR count). The van der Waals surface area contributed by atoms with Gasteiger partial charge in [0.25, 0.3) is 0 Å². The fourth-order valence-corrected chi connectivity index (χ4v) is 1.67. The number of carboxylic acids is 1. The molecular weight excluding hydrogens is 364 g/mol. The average molecular weight is 382 g/mol. The van der Waals surface area contributed by atoms with Crippen molar-refractivity contribution in [3.8, 4) is 5.75 Å². The summed E-state index contributed by atoms with van der Waals surface area (Å²) in [4.78, 5) is 23.4. The summed E-state index contributed by atoms with van der Waals surface area (Å²) in [7, 11) is 1.77. The topological polar surface area (TPSA) is 78.9 Å². The van der Waals surface area contributed by atoms with Gasteiger partial charge >= 0.3 is 5.97 Å². The lowest BCUT2D eigenvalue weighted by molar-refractivity contribution is -0.138. The highest BCUT2D eigenvalue weighted by molar-refractivity contribution is 9.10. The van der Waals surface area contributed by atoms with Crippen LogP contribution in [0.4, 0.5) is 0 Å². The summed E-state index contributed by atoms with van der Waals surface area (Å²) in [5, 5.41) is 10.7. The first kappa shape index (κ1) is 19.7. The summed E-state index contributed by atoms with van der Waals surface area (Å²) in [6.45, 7) is 0.792. The third kappa shape index (κ3) is 9.28. The van der Waals surface area contributed by atoms with Crippen LogP contribution in [0.1, 0.15) is 0 Å². The lowest BCUT2D eigenvalue weighted by atomic mass is 10.3. The number of carbonyl (C=O) groups excluding carboxylic acids is 1. The number of likely N-dealkylation sites (N-methyl/N-ethyl adjacent to an activating group) is 1. The van der Waals surface area contributed by atoms with Crippen LogP contribution in [0.5, 0.6) is 5.75 Å². The maximum Gasteiger partial charge on any atom is 0.322 e. The van der Waals surface area contributed by atoms with E-state index in [1.165, 1.54) is 0 Å². The molecule has 0 fully saturated rings. The molecule has 0 bridgehead atoms. The number of halogens is 2. The zero-order chi connectivity index (χ0) is 15.0. The van der Waals surface area contributed by atoms with Crippen molar-refractivity contribution in [3.63, 3.8) is 0 Å². The summed E-state index contributed by atoms with van der Waals surface area (Å²) in [5.41, 5.74) is 0. The molecule has 1 amide bonds. The summed E-state index contributed by atoms with van der Waals surface area (Å²) >= 11 is 3.34. The Balaban J connectivity index is 0.00000400. The minimum Gasteiger partial charge on any atom is -0.492 e. The number of ether oxygens (including phenoxy) is 1. The lowest BCUT2D eigenvalue weighted by Crippen LogP contribution is -2.38. The van der Waals surface area contributed by atoms with Gasteiger partial charge in [-0.1, -0.05) is 15.9 Å². The van der Waals surface area contributed by atoms with E-state index in [4.69, 9.17) is 9.84 Å². The van der Waals surface area contributed by atoms with Crippen LogP contribution in [0.3, 0.4) is 0 Å². The molecule has 2 N–H and O–H groups in total. The van der Waals surface area contributed by atoms with Crippen LogP contribution in [0.15, 0.2) is 28.7 Å². The second-order valence-electron chi connectivity index (χ2n) is 4.21. The molecule has 0 spiro atoms. The van der Waals surface area contributed by atoms with Crippen LogP contribution in [0.25, 0.3) is 0 Å². The van der Waals surface area contributed by atoms with Gasteiger partial charge in [-0.05, 0) is 31.3 Å². The fraction of sp³-hybridized carbons (Fsp3) is 0.385. The molecule has 0 aliphatic heterocycles. The highest BCUT2D eigenvalue weighted by atomic mass is 79.9. The van der Waals surface area contributed by atoms with E-state index < -0.39 is 5.97 Å². The number of amides is 1. The maximum absolute atomic E-state index is 11.4. The van der Waals surface area contributed by atoms with Gasteiger partial charge in [0.2, 0.25) is 5.91 Å². The zero-order valence-electron chi connectivity index (χ0n) is 11.5. The second kappa shape index (κ2) is 10.4. The van der Waals surface area contributed by atoms with Crippen LogP contribution in [0.2, 0.25) is 0 Å². The molecule has 0 aliphatic carbocycles. The van der Waals surface area contributed by atoms with Gasteiger partial charge in [0.15, 0.2) is 0 Å². The van der Waals surface area contributed by atoms with Gasteiger partial charge in [0, 0.05) is 11.0 Å². The Bertz CT molecular complexity index is 456. The van der Waals surface area contributed by atoms with Crippen molar-refractivity contribution in [1.29, 1.82) is 0 Å². The van der Waals surface area contributed by atoms with Gasteiger partial charge in [-0.3, -0.25) is 14.5 Å². The number of carbonyl (C=O) groups is 2. The van der Waals surface area contributed by atoms with E-state index >= 15 is 0 Å². The quantitative estimate of drug-likeness (QED) is 0.711. The van der Waals surface area contributed by atoms with Crippen LogP contribution in [-0.2, 0) is 9.59 Å². The highest BCUT2D eigenvalue weighted by Gasteiger charge is 2.07. The van der Waals surface area contributed by atoms with Crippen molar-refractivity contribution in [2.45, 2.75) is 0 Å². The Labute approximate surface area is 138 Å².